The number of hydrogen-bond acceptors (Lipinski definition) is 2. The SMILES string of the molecule is C=C[C@H](OCc1ccccc1)[C@@H](C=CCc1ccccc1)OCc1ccccc1. The third-order valence-electron chi connectivity index (χ3n) is 4.65. The van der Waals surface area contributed by atoms with Crippen LogP contribution in [0.25, 0.3) is 0 Å². The lowest BCUT2D eigenvalue weighted by atomic mass is 10.1. The van der Waals surface area contributed by atoms with Gasteiger partial charge in [0.15, 0.2) is 0 Å². The van der Waals surface area contributed by atoms with Gasteiger partial charge in [-0.15, -0.1) is 6.58 Å². The number of rotatable bonds is 11. The van der Waals surface area contributed by atoms with E-state index in [2.05, 4.69) is 67.3 Å². The molecule has 0 N–H and O–H groups in total. The van der Waals surface area contributed by atoms with Gasteiger partial charge in [-0.3, -0.25) is 0 Å². The molecule has 3 rings (SSSR count). The van der Waals surface area contributed by atoms with Crippen LogP contribution in [0, 0.1) is 0 Å². The first-order valence-corrected chi connectivity index (χ1v) is 9.99. The molecule has 0 fully saturated rings. The summed E-state index contributed by atoms with van der Waals surface area (Å²) in [5.41, 5.74) is 3.54. The minimum absolute atomic E-state index is 0.208. The molecule has 0 heterocycles. The smallest absolute Gasteiger partial charge is 0.106 e. The van der Waals surface area contributed by atoms with Gasteiger partial charge in [-0.05, 0) is 23.1 Å². The van der Waals surface area contributed by atoms with Crippen LogP contribution in [0.15, 0.2) is 116 Å². The lowest BCUT2D eigenvalue weighted by Crippen LogP contribution is -2.28. The third-order valence-corrected chi connectivity index (χ3v) is 4.65. The van der Waals surface area contributed by atoms with Gasteiger partial charge in [0.1, 0.15) is 12.2 Å². The van der Waals surface area contributed by atoms with Crippen LogP contribution in [0.3, 0.4) is 0 Å². The van der Waals surface area contributed by atoms with E-state index in [9.17, 15) is 0 Å². The van der Waals surface area contributed by atoms with Crippen molar-refractivity contribution in [2.45, 2.75) is 31.8 Å². The first-order valence-electron chi connectivity index (χ1n) is 9.99. The molecule has 3 aromatic rings. The normalized spacial score (nSPS) is 13.2. The lowest BCUT2D eigenvalue weighted by Gasteiger charge is -2.23. The van der Waals surface area contributed by atoms with Crippen molar-refractivity contribution in [1.29, 1.82) is 0 Å². The van der Waals surface area contributed by atoms with Crippen molar-refractivity contribution in [2.24, 2.45) is 0 Å². The second-order valence-electron chi connectivity index (χ2n) is 6.88. The topological polar surface area (TPSA) is 18.5 Å². The molecule has 0 saturated heterocycles. The van der Waals surface area contributed by atoms with Crippen LogP contribution in [0.4, 0.5) is 0 Å². The Bertz CT molecular complexity index is 857. The van der Waals surface area contributed by atoms with Crippen LogP contribution in [-0.2, 0) is 29.1 Å². The maximum atomic E-state index is 6.22. The highest BCUT2D eigenvalue weighted by molar-refractivity contribution is 5.19. The van der Waals surface area contributed by atoms with E-state index < -0.39 is 0 Å². The van der Waals surface area contributed by atoms with Crippen molar-refractivity contribution in [3.63, 3.8) is 0 Å². The molecular formula is C27H28O2. The van der Waals surface area contributed by atoms with E-state index in [1.807, 2.05) is 48.5 Å². The van der Waals surface area contributed by atoms with Gasteiger partial charge in [0.2, 0.25) is 0 Å². The Morgan fingerprint density at radius 3 is 1.55 bits per heavy atom. The summed E-state index contributed by atoms with van der Waals surface area (Å²) < 4.78 is 12.4. The fourth-order valence-electron chi connectivity index (χ4n) is 3.04. The van der Waals surface area contributed by atoms with Gasteiger partial charge < -0.3 is 9.47 Å². The van der Waals surface area contributed by atoms with Crippen LogP contribution >= 0.6 is 0 Å². The average molecular weight is 385 g/mol. The van der Waals surface area contributed by atoms with Crippen LogP contribution in [-0.4, -0.2) is 12.2 Å². The Morgan fingerprint density at radius 2 is 1.07 bits per heavy atom. The highest BCUT2D eigenvalue weighted by atomic mass is 16.5. The molecule has 2 nitrogen and oxygen atoms in total. The molecule has 0 bridgehead atoms. The zero-order chi connectivity index (χ0) is 20.2. The number of allylic oxidation sites excluding steroid dienone is 1. The zero-order valence-corrected chi connectivity index (χ0v) is 16.7. The maximum absolute atomic E-state index is 6.22. The van der Waals surface area contributed by atoms with Crippen LogP contribution < -0.4 is 0 Å². The van der Waals surface area contributed by atoms with Gasteiger partial charge in [-0.25, -0.2) is 0 Å². The molecule has 0 spiro atoms. The van der Waals surface area contributed by atoms with Crippen LogP contribution in [0.5, 0.6) is 0 Å². The molecule has 0 saturated carbocycles. The molecule has 3 aromatic carbocycles. The van der Waals surface area contributed by atoms with Gasteiger partial charge in [-0.1, -0.05) is 109 Å². The van der Waals surface area contributed by atoms with Gasteiger partial charge in [0, 0.05) is 0 Å². The molecule has 0 aliphatic heterocycles. The molecule has 2 heteroatoms. The van der Waals surface area contributed by atoms with E-state index in [4.69, 9.17) is 9.47 Å². The number of benzene rings is 3. The lowest BCUT2D eigenvalue weighted by molar-refractivity contribution is -0.0420. The Morgan fingerprint density at radius 1 is 0.621 bits per heavy atom. The number of ether oxygens (including phenoxy) is 2. The molecule has 2 atom stereocenters. The Kier molecular flexibility index (Phi) is 8.46. The Hall–Kier alpha value is -2.94. The number of hydrogen-bond donors (Lipinski definition) is 0. The van der Waals surface area contributed by atoms with Crippen LogP contribution in [0.2, 0.25) is 0 Å². The van der Waals surface area contributed by atoms with Crippen molar-refractivity contribution in [3.05, 3.63) is 132 Å². The Balaban J connectivity index is 1.66. The molecular weight excluding hydrogens is 356 g/mol. The summed E-state index contributed by atoms with van der Waals surface area (Å²) in [6.45, 7) is 5.03. The van der Waals surface area contributed by atoms with E-state index in [1.54, 1.807) is 0 Å². The van der Waals surface area contributed by atoms with E-state index in [-0.39, 0.29) is 12.2 Å². The van der Waals surface area contributed by atoms with Crippen LogP contribution in [0.1, 0.15) is 16.7 Å². The molecule has 0 amide bonds. The Labute approximate surface area is 174 Å². The minimum Gasteiger partial charge on any atom is -0.366 e. The molecule has 148 valence electrons. The molecule has 29 heavy (non-hydrogen) atoms. The second-order valence-corrected chi connectivity index (χ2v) is 6.88. The molecule has 0 radical (unpaired) electrons. The largest absolute Gasteiger partial charge is 0.366 e. The predicted octanol–water partition coefficient (Wildman–Crippen LogP) is 6.14. The van der Waals surface area contributed by atoms with Crippen molar-refractivity contribution in [3.8, 4) is 0 Å². The van der Waals surface area contributed by atoms with Crippen molar-refractivity contribution >= 4 is 0 Å². The fourth-order valence-corrected chi connectivity index (χ4v) is 3.04. The zero-order valence-electron chi connectivity index (χ0n) is 16.7. The quantitative estimate of drug-likeness (QED) is 0.370. The van der Waals surface area contributed by atoms with Crippen molar-refractivity contribution < 1.29 is 9.47 Å². The standard InChI is InChI=1S/C27H28O2/c1-2-26(28-21-24-15-8-4-9-16-24)27(29-22-25-17-10-5-11-18-25)20-12-19-23-13-6-3-7-14-23/h2-18,20,26-27H,1,19,21-22H2/t26-,27+/m0/s1. The van der Waals surface area contributed by atoms with E-state index in [0.29, 0.717) is 13.2 Å². The average Bonchev–Trinajstić information content (AvgIpc) is 2.79. The third kappa shape index (κ3) is 7.19. The van der Waals surface area contributed by atoms with Gasteiger partial charge in [0.25, 0.3) is 0 Å². The first kappa shape index (κ1) is 20.8. The highest BCUT2D eigenvalue weighted by Crippen LogP contribution is 2.14. The van der Waals surface area contributed by atoms with E-state index in [0.717, 1.165) is 17.5 Å². The molecule has 0 aromatic heterocycles. The summed E-state index contributed by atoms with van der Waals surface area (Å²) in [7, 11) is 0. The van der Waals surface area contributed by atoms with Crippen molar-refractivity contribution in [1.82, 2.24) is 0 Å². The summed E-state index contributed by atoms with van der Waals surface area (Å²) in [6, 6.07) is 30.8. The summed E-state index contributed by atoms with van der Waals surface area (Å²) in [4.78, 5) is 0. The maximum Gasteiger partial charge on any atom is 0.106 e. The first-order chi connectivity index (χ1) is 14.3. The molecule has 0 aliphatic rings. The highest BCUT2D eigenvalue weighted by Gasteiger charge is 2.18. The summed E-state index contributed by atoms with van der Waals surface area (Å²) in [5, 5.41) is 0. The van der Waals surface area contributed by atoms with E-state index >= 15 is 0 Å². The monoisotopic (exact) mass is 384 g/mol. The van der Waals surface area contributed by atoms with Gasteiger partial charge in [0.05, 0.1) is 13.2 Å². The summed E-state index contributed by atoms with van der Waals surface area (Å²) >= 11 is 0. The predicted molar refractivity (Wildman–Crippen MR) is 120 cm³/mol. The fraction of sp³-hybridized carbons (Fsp3) is 0.185. The second kappa shape index (κ2) is 11.8. The molecule has 0 aliphatic carbocycles. The summed E-state index contributed by atoms with van der Waals surface area (Å²) in [5.74, 6) is 0. The van der Waals surface area contributed by atoms with Crippen molar-refractivity contribution in [2.75, 3.05) is 0 Å². The van der Waals surface area contributed by atoms with Gasteiger partial charge >= 0.3 is 0 Å². The minimum atomic E-state index is -0.231. The summed E-state index contributed by atoms with van der Waals surface area (Å²) in [6.07, 6.45) is 6.48. The molecule has 0 unspecified atom stereocenters. The van der Waals surface area contributed by atoms with E-state index in [1.165, 1.54) is 5.56 Å². The van der Waals surface area contributed by atoms with Gasteiger partial charge in [-0.2, -0.15) is 0 Å².